The van der Waals surface area contributed by atoms with E-state index in [1.165, 1.54) is 23.9 Å². The van der Waals surface area contributed by atoms with Crippen LogP contribution in [0, 0.1) is 0 Å². The smallest absolute Gasteiger partial charge is 0.321 e. The summed E-state index contributed by atoms with van der Waals surface area (Å²) in [5.41, 5.74) is 7.66. The number of hydrogen-bond donors (Lipinski definition) is 3. The monoisotopic (exact) mass is 333 g/mol. The maximum absolute atomic E-state index is 11.3. The molecule has 5 nitrogen and oxygen atoms in total. The lowest BCUT2D eigenvalue weighted by atomic mass is 10.1. The van der Waals surface area contributed by atoms with Gasteiger partial charge in [-0.2, -0.15) is 0 Å². The number of hydrogen-bond acceptors (Lipinski definition) is 5. The Labute approximate surface area is 139 Å². The van der Waals surface area contributed by atoms with Crippen LogP contribution in [0.5, 0.6) is 11.5 Å². The van der Waals surface area contributed by atoms with E-state index >= 15 is 0 Å². The van der Waals surface area contributed by atoms with Crippen molar-refractivity contribution < 1.29 is 19.7 Å². The number of carbonyl (C=O) groups is 1. The molecule has 23 heavy (non-hydrogen) atoms. The van der Waals surface area contributed by atoms with Gasteiger partial charge in [0.25, 0.3) is 0 Å². The van der Waals surface area contributed by atoms with E-state index in [-0.39, 0.29) is 5.75 Å². The molecule has 0 aliphatic rings. The van der Waals surface area contributed by atoms with Gasteiger partial charge in [-0.05, 0) is 35.4 Å². The van der Waals surface area contributed by atoms with Crippen molar-refractivity contribution in [1.29, 1.82) is 0 Å². The van der Waals surface area contributed by atoms with E-state index in [1.807, 2.05) is 24.3 Å². The minimum Gasteiger partial charge on any atom is -0.508 e. The highest BCUT2D eigenvalue weighted by Gasteiger charge is 2.26. The number of ether oxygens (including phenoxy) is 1. The van der Waals surface area contributed by atoms with Gasteiger partial charge in [0.15, 0.2) is 0 Å². The SMILES string of the molecule is COc1ccc(CSC(c2ccc(O)cc2)[C@H](N)C(=O)O)cc1. The first-order valence-electron chi connectivity index (χ1n) is 7.03. The predicted molar refractivity (Wildman–Crippen MR) is 90.7 cm³/mol. The third kappa shape index (κ3) is 4.64. The summed E-state index contributed by atoms with van der Waals surface area (Å²) in [7, 11) is 1.61. The lowest BCUT2D eigenvalue weighted by Crippen LogP contribution is -2.35. The largest absolute Gasteiger partial charge is 0.508 e. The molecule has 2 rings (SSSR count). The molecule has 2 atom stereocenters. The molecule has 0 fully saturated rings. The van der Waals surface area contributed by atoms with Crippen LogP contribution in [0.1, 0.15) is 16.4 Å². The molecule has 0 amide bonds. The van der Waals surface area contributed by atoms with Crippen molar-refractivity contribution in [2.45, 2.75) is 17.0 Å². The fourth-order valence-corrected chi connectivity index (χ4v) is 3.35. The van der Waals surface area contributed by atoms with E-state index < -0.39 is 17.3 Å². The Morgan fingerprint density at radius 2 is 1.78 bits per heavy atom. The molecule has 0 aromatic heterocycles. The van der Waals surface area contributed by atoms with Crippen molar-refractivity contribution in [3.63, 3.8) is 0 Å². The highest BCUT2D eigenvalue weighted by Crippen LogP contribution is 2.35. The van der Waals surface area contributed by atoms with Crippen molar-refractivity contribution in [3.8, 4) is 11.5 Å². The van der Waals surface area contributed by atoms with E-state index in [9.17, 15) is 15.0 Å². The average Bonchev–Trinajstić information content (AvgIpc) is 2.56. The number of aromatic hydroxyl groups is 1. The maximum atomic E-state index is 11.3. The first-order valence-corrected chi connectivity index (χ1v) is 8.08. The van der Waals surface area contributed by atoms with Gasteiger partial charge in [0.2, 0.25) is 0 Å². The lowest BCUT2D eigenvalue weighted by Gasteiger charge is -2.21. The Bertz CT molecular complexity index is 643. The van der Waals surface area contributed by atoms with Crippen LogP contribution in [-0.4, -0.2) is 29.3 Å². The van der Waals surface area contributed by atoms with Crippen LogP contribution in [0.15, 0.2) is 48.5 Å². The van der Waals surface area contributed by atoms with Gasteiger partial charge >= 0.3 is 5.97 Å². The van der Waals surface area contributed by atoms with Crippen molar-refractivity contribution in [2.75, 3.05) is 7.11 Å². The zero-order valence-corrected chi connectivity index (χ0v) is 13.5. The third-order valence-electron chi connectivity index (χ3n) is 3.42. The molecule has 0 saturated heterocycles. The van der Waals surface area contributed by atoms with Crippen LogP contribution < -0.4 is 10.5 Å². The molecule has 0 saturated carbocycles. The van der Waals surface area contributed by atoms with Gasteiger partial charge < -0.3 is 20.7 Å². The summed E-state index contributed by atoms with van der Waals surface area (Å²) in [5.74, 6) is 0.481. The number of benzene rings is 2. The van der Waals surface area contributed by atoms with E-state index in [2.05, 4.69) is 0 Å². The van der Waals surface area contributed by atoms with Crippen molar-refractivity contribution in [3.05, 3.63) is 59.7 Å². The van der Waals surface area contributed by atoms with Crippen LogP contribution in [0.25, 0.3) is 0 Å². The molecule has 0 aliphatic carbocycles. The molecular weight excluding hydrogens is 314 g/mol. The van der Waals surface area contributed by atoms with Crippen LogP contribution in [-0.2, 0) is 10.5 Å². The number of rotatable bonds is 7. The Balaban J connectivity index is 2.13. The molecular formula is C17H19NO4S. The number of methoxy groups -OCH3 is 1. The molecule has 2 aromatic rings. The van der Waals surface area contributed by atoms with Crippen molar-refractivity contribution >= 4 is 17.7 Å². The van der Waals surface area contributed by atoms with Gasteiger partial charge in [0.05, 0.1) is 12.4 Å². The van der Waals surface area contributed by atoms with Gasteiger partial charge in [-0.25, -0.2) is 0 Å². The standard InChI is InChI=1S/C17H19NO4S/c1-22-14-8-2-11(3-9-14)10-23-16(15(18)17(20)21)12-4-6-13(19)7-5-12/h2-9,15-16,19H,10,18H2,1H3,(H,20,21)/t15-,16?/m0/s1. The molecule has 2 aromatic carbocycles. The van der Waals surface area contributed by atoms with Gasteiger partial charge in [0, 0.05) is 5.75 Å². The van der Waals surface area contributed by atoms with E-state index in [1.54, 1.807) is 19.2 Å². The molecule has 0 spiro atoms. The number of aliphatic carboxylic acids is 1. The summed E-state index contributed by atoms with van der Waals surface area (Å²) in [6, 6.07) is 13.0. The quantitative estimate of drug-likeness (QED) is 0.721. The Morgan fingerprint density at radius 3 is 2.30 bits per heavy atom. The second kappa shape index (κ2) is 7.89. The summed E-state index contributed by atoms with van der Waals surface area (Å²) in [5, 5.41) is 18.2. The average molecular weight is 333 g/mol. The topological polar surface area (TPSA) is 92.8 Å². The fourth-order valence-electron chi connectivity index (χ4n) is 2.11. The molecule has 0 heterocycles. The maximum Gasteiger partial charge on any atom is 0.321 e. The number of nitrogens with two attached hydrogens (primary N) is 1. The normalized spacial score (nSPS) is 13.3. The minimum atomic E-state index is -1.05. The summed E-state index contributed by atoms with van der Waals surface area (Å²) in [4.78, 5) is 11.3. The van der Waals surface area contributed by atoms with Crippen molar-refractivity contribution in [1.82, 2.24) is 0 Å². The highest BCUT2D eigenvalue weighted by atomic mass is 32.2. The molecule has 0 aliphatic heterocycles. The van der Waals surface area contributed by atoms with E-state index in [4.69, 9.17) is 10.5 Å². The third-order valence-corrected chi connectivity index (χ3v) is 4.85. The first kappa shape index (κ1) is 17.2. The molecule has 122 valence electrons. The lowest BCUT2D eigenvalue weighted by molar-refractivity contribution is -0.138. The molecule has 0 radical (unpaired) electrons. The van der Waals surface area contributed by atoms with Gasteiger partial charge in [0.1, 0.15) is 17.5 Å². The summed E-state index contributed by atoms with van der Waals surface area (Å²) >= 11 is 1.46. The van der Waals surface area contributed by atoms with Gasteiger partial charge in [-0.3, -0.25) is 4.79 Å². The highest BCUT2D eigenvalue weighted by molar-refractivity contribution is 7.98. The molecule has 0 bridgehead atoms. The fraction of sp³-hybridized carbons (Fsp3) is 0.235. The number of carboxylic acids is 1. The Hall–Kier alpha value is -2.18. The Morgan fingerprint density at radius 1 is 1.17 bits per heavy atom. The zero-order chi connectivity index (χ0) is 16.8. The molecule has 4 N–H and O–H groups in total. The van der Waals surface area contributed by atoms with Crippen LogP contribution in [0.3, 0.4) is 0 Å². The van der Waals surface area contributed by atoms with Crippen LogP contribution in [0.4, 0.5) is 0 Å². The molecule has 1 unspecified atom stereocenters. The van der Waals surface area contributed by atoms with Crippen LogP contribution in [0.2, 0.25) is 0 Å². The summed E-state index contributed by atoms with van der Waals surface area (Å²) < 4.78 is 5.12. The van der Waals surface area contributed by atoms with Gasteiger partial charge in [-0.1, -0.05) is 24.3 Å². The summed E-state index contributed by atoms with van der Waals surface area (Å²) in [6.07, 6.45) is 0. The summed E-state index contributed by atoms with van der Waals surface area (Å²) in [6.45, 7) is 0. The Kier molecular flexibility index (Phi) is 5.90. The molecule has 6 heteroatoms. The number of thioether (sulfide) groups is 1. The number of carboxylic acid groups (broad SMARTS) is 1. The number of phenolic OH excluding ortho intramolecular Hbond substituents is 1. The van der Waals surface area contributed by atoms with Crippen LogP contribution >= 0.6 is 11.8 Å². The predicted octanol–water partition coefficient (Wildman–Crippen LogP) is 2.79. The zero-order valence-electron chi connectivity index (χ0n) is 12.7. The first-order chi connectivity index (χ1) is 11.0. The van der Waals surface area contributed by atoms with E-state index in [0.717, 1.165) is 16.9 Å². The van der Waals surface area contributed by atoms with E-state index in [0.29, 0.717) is 5.75 Å². The number of phenols is 1. The van der Waals surface area contributed by atoms with Gasteiger partial charge in [-0.15, -0.1) is 11.8 Å². The second-order valence-corrected chi connectivity index (χ2v) is 6.17. The second-order valence-electron chi connectivity index (χ2n) is 5.04. The minimum absolute atomic E-state index is 0.136. The van der Waals surface area contributed by atoms with Crippen molar-refractivity contribution in [2.24, 2.45) is 5.73 Å².